The molecule has 298 valence electrons. The number of rotatable bonds is 13. The quantitative estimate of drug-likeness (QED) is 0.0552. The van der Waals surface area contributed by atoms with Gasteiger partial charge in [-0.05, 0) is 87.5 Å². The number of benzene rings is 4. The molecule has 0 spiro atoms. The third-order valence-corrected chi connectivity index (χ3v) is 17.6. The molecule has 0 unspecified atom stereocenters. The van der Waals surface area contributed by atoms with Gasteiger partial charge < -0.3 is 19.7 Å². The zero-order valence-corrected chi connectivity index (χ0v) is 34.5. The van der Waals surface area contributed by atoms with Crippen LogP contribution in [0, 0.1) is 17.8 Å². The number of hydrogen-bond donors (Lipinski definition) is 3. The number of carbonyl (C=O) groups is 2. The summed E-state index contributed by atoms with van der Waals surface area (Å²) in [4.78, 5) is 30.4. The number of aromatic hydroxyl groups is 1. The molecule has 4 aromatic rings. The molecule has 3 aliphatic rings. The number of imide groups is 1. The first-order valence-electron chi connectivity index (χ1n) is 20.7. The molecule has 7 nitrogen and oxygen atoms in total. The number of phenols is 1. The van der Waals surface area contributed by atoms with Crippen molar-refractivity contribution in [2.75, 3.05) is 13.2 Å². The molecule has 3 N–H and O–H groups in total. The van der Waals surface area contributed by atoms with E-state index in [0.29, 0.717) is 24.8 Å². The summed E-state index contributed by atoms with van der Waals surface area (Å²) >= 11 is 0. The van der Waals surface area contributed by atoms with E-state index in [-0.39, 0.29) is 41.9 Å². The van der Waals surface area contributed by atoms with Crippen LogP contribution in [0.4, 0.5) is 0 Å². The van der Waals surface area contributed by atoms with E-state index in [1.807, 2.05) is 84.9 Å². The largest absolute Gasteiger partial charge is 0.508 e. The summed E-state index contributed by atoms with van der Waals surface area (Å²) < 4.78 is 7.46. The van der Waals surface area contributed by atoms with E-state index in [4.69, 9.17) is 4.43 Å². The van der Waals surface area contributed by atoms with Crippen LogP contribution in [0.25, 0.3) is 11.6 Å². The van der Waals surface area contributed by atoms with Crippen LogP contribution < -0.4 is 10.4 Å². The van der Waals surface area contributed by atoms with E-state index in [2.05, 4.69) is 45.0 Å². The predicted molar refractivity (Wildman–Crippen MR) is 229 cm³/mol. The number of fused-ring (bicyclic) bond motifs is 1. The minimum Gasteiger partial charge on any atom is -0.508 e. The smallest absolute Gasteiger partial charge is 0.261 e. The third kappa shape index (κ3) is 8.24. The summed E-state index contributed by atoms with van der Waals surface area (Å²) in [5, 5.41) is 35.9. The van der Waals surface area contributed by atoms with E-state index in [9.17, 15) is 24.9 Å². The summed E-state index contributed by atoms with van der Waals surface area (Å²) in [6.07, 6.45) is 6.81. The average molecular weight is 784 g/mol. The number of aliphatic hydroxyl groups is 2. The fourth-order valence-electron chi connectivity index (χ4n) is 9.99. The van der Waals surface area contributed by atoms with Gasteiger partial charge in [0.25, 0.3) is 8.32 Å². The Labute approximate surface area is 338 Å². The molecule has 0 radical (unpaired) electrons. The number of likely N-dealkylation sites (tertiary alicyclic amines) is 1. The fraction of sp³-hybridized carbons (Fsp3) is 0.388. The number of aliphatic hydroxyl groups excluding tert-OH is 2. The molecule has 2 aliphatic carbocycles. The molecular formula is C49H57NO6Si. The summed E-state index contributed by atoms with van der Waals surface area (Å²) in [5.41, 5.74) is 4.26. The second-order valence-electron chi connectivity index (χ2n) is 17.2. The lowest BCUT2D eigenvalue weighted by atomic mass is 9.68. The molecule has 1 saturated heterocycles. The number of hydrogen-bond acceptors (Lipinski definition) is 6. The Hall–Kier alpha value is -4.60. The molecule has 0 bridgehead atoms. The number of carbonyl (C=O) groups excluding carboxylic acids is 2. The van der Waals surface area contributed by atoms with Crippen molar-refractivity contribution in [2.24, 2.45) is 17.8 Å². The summed E-state index contributed by atoms with van der Waals surface area (Å²) in [5.74, 6) is -2.25. The van der Waals surface area contributed by atoms with E-state index in [0.717, 1.165) is 64.8 Å². The molecule has 1 saturated carbocycles. The molecule has 1 heterocycles. The van der Waals surface area contributed by atoms with Crippen LogP contribution >= 0.6 is 0 Å². The van der Waals surface area contributed by atoms with Crippen molar-refractivity contribution in [3.63, 3.8) is 0 Å². The van der Waals surface area contributed by atoms with Crippen LogP contribution in [0.5, 0.6) is 5.75 Å². The SMILES string of the molecule is CC(C)(C)[Si](OCC1=C([C@H](O)CC/C(=C/c2cccc(O)c2)c2ccccc2)[C@H](CO)[C@@H]2C(=O)N(C3CCCCC3)C(=O)[C@@H]2C1)(c1ccccc1)c1ccccc1. The van der Waals surface area contributed by atoms with Crippen LogP contribution in [0.1, 0.15) is 83.3 Å². The number of phenolic OH excluding ortho intramolecular Hbond substituents is 1. The first kappa shape index (κ1) is 40.6. The number of amides is 2. The van der Waals surface area contributed by atoms with Crippen LogP contribution in [0.3, 0.4) is 0 Å². The van der Waals surface area contributed by atoms with Crippen LogP contribution in [0.15, 0.2) is 126 Å². The van der Waals surface area contributed by atoms with E-state index >= 15 is 0 Å². The minimum atomic E-state index is -3.03. The third-order valence-electron chi connectivity index (χ3n) is 12.6. The second kappa shape index (κ2) is 17.5. The molecule has 2 amide bonds. The van der Waals surface area contributed by atoms with Gasteiger partial charge in [0.15, 0.2) is 0 Å². The fourth-order valence-corrected chi connectivity index (χ4v) is 14.5. The Morgan fingerprint density at radius 1 is 0.842 bits per heavy atom. The predicted octanol–water partition coefficient (Wildman–Crippen LogP) is 7.89. The molecule has 2 fully saturated rings. The van der Waals surface area contributed by atoms with Gasteiger partial charge in [-0.1, -0.05) is 149 Å². The zero-order chi connectivity index (χ0) is 40.2. The Balaban J connectivity index is 1.30. The molecular weight excluding hydrogens is 727 g/mol. The van der Waals surface area contributed by atoms with Gasteiger partial charge in [0.1, 0.15) is 5.75 Å². The van der Waals surface area contributed by atoms with Crippen molar-refractivity contribution in [3.8, 4) is 5.75 Å². The van der Waals surface area contributed by atoms with Crippen molar-refractivity contribution in [2.45, 2.75) is 89.3 Å². The highest BCUT2D eigenvalue weighted by Crippen LogP contribution is 2.48. The van der Waals surface area contributed by atoms with Crippen molar-refractivity contribution in [3.05, 3.63) is 138 Å². The first-order chi connectivity index (χ1) is 27.5. The molecule has 57 heavy (non-hydrogen) atoms. The van der Waals surface area contributed by atoms with Gasteiger partial charge >= 0.3 is 0 Å². The Morgan fingerprint density at radius 2 is 1.46 bits per heavy atom. The summed E-state index contributed by atoms with van der Waals surface area (Å²) in [7, 11) is -3.03. The van der Waals surface area contributed by atoms with E-state index in [1.54, 1.807) is 17.0 Å². The average Bonchev–Trinajstić information content (AvgIpc) is 3.48. The van der Waals surface area contributed by atoms with Gasteiger partial charge in [0.05, 0.1) is 31.2 Å². The lowest BCUT2D eigenvalue weighted by molar-refractivity contribution is -0.143. The maximum Gasteiger partial charge on any atom is 0.261 e. The Bertz CT molecular complexity index is 2030. The van der Waals surface area contributed by atoms with Gasteiger partial charge in [-0.2, -0.15) is 0 Å². The maximum absolute atomic E-state index is 14.4. The Morgan fingerprint density at radius 3 is 2.04 bits per heavy atom. The standard InChI is InChI=1S/C49H57NO6Si/c1-49(2,3)57(40-23-12-6-13-24-40,41-25-14-7-15-26-41)56-33-37-31-42-46(48(55)50(47(42)54)38-20-10-5-11-21-38)43(32-51)45(37)44(53)28-27-36(35-18-8-4-9-19-35)29-34-17-16-22-39(52)30-34/h4,6-9,12-19,22-26,29-30,38,42-44,46,51-53H,5,10-11,20-21,27-28,31-33H2,1-3H3/b36-29-/t42-,43+,44-,46-/m1/s1. The Kier molecular flexibility index (Phi) is 12.5. The van der Waals surface area contributed by atoms with Gasteiger partial charge in [-0.15, -0.1) is 0 Å². The van der Waals surface area contributed by atoms with Crippen molar-refractivity contribution in [1.29, 1.82) is 0 Å². The molecule has 8 heteroatoms. The lowest BCUT2D eigenvalue weighted by Gasteiger charge is -2.44. The second-order valence-corrected chi connectivity index (χ2v) is 21.5. The molecule has 1 aliphatic heterocycles. The van der Waals surface area contributed by atoms with Crippen molar-refractivity contribution < 1.29 is 29.3 Å². The molecule has 7 rings (SSSR count). The molecule has 0 aromatic heterocycles. The zero-order valence-electron chi connectivity index (χ0n) is 33.5. The van der Waals surface area contributed by atoms with Crippen molar-refractivity contribution >= 4 is 42.2 Å². The highest BCUT2D eigenvalue weighted by Gasteiger charge is 2.57. The van der Waals surface area contributed by atoms with Crippen LogP contribution in [-0.2, 0) is 14.0 Å². The maximum atomic E-state index is 14.4. The molecule has 4 aromatic carbocycles. The van der Waals surface area contributed by atoms with Gasteiger partial charge in [-0.3, -0.25) is 14.5 Å². The van der Waals surface area contributed by atoms with Gasteiger partial charge in [0.2, 0.25) is 11.8 Å². The van der Waals surface area contributed by atoms with Crippen LogP contribution in [0.2, 0.25) is 5.04 Å². The molecule has 4 atom stereocenters. The monoisotopic (exact) mass is 783 g/mol. The highest BCUT2D eigenvalue weighted by atomic mass is 28.4. The van der Waals surface area contributed by atoms with Crippen LogP contribution in [-0.4, -0.2) is 65.7 Å². The van der Waals surface area contributed by atoms with Gasteiger partial charge in [0, 0.05) is 12.0 Å². The van der Waals surface area contributed by atoms with Crippen molar-refractivity contribution in [1.82, 2.24) is 4.90 Å². The number of nitrogens with zero attached hydrogens (tertiary/aromatic N) is 1. The van der Waals surface area contributed by atoms with E-state index < -0.39 is 32.2 Å². The number of allylic oxidation sites excluding steroid dienone is 1. The summed E-state index contributed by atoms with van der Waals surface area (Å²) in [6.45, 7) is 6.47. The van der Waals surface area contributed by atoms with Gasteiger partial charge in [-0.25, -0.2) is 0 Å². The normalized spacial score (nSPS) is 21.5. The first-order valence-corrected chi connectivity index (χ1v) is 22.6. The minimum absolute atomic E-state index is 0.120. The topological polar surface area (TPSA) is 107 Å². The lowest BCUT2D eigenvalue weighted by Crippen LogP contribution is -2.66. The van der Waals surface area contributed by atoms with E-state index in [1.165, 1.54) is 0 Å². The highest BCUT2D eigenvalue weighted by molar-refractivity contribution is 6.99. The summed E-state index contributed by atoms with van der Waals surface area (Å²) in [6, 6.07) is 37.8.